The zero-order chi connectivity index (χ0) is 14.6. The van der Waals surface area contributed by atoms with Gasteiger partial charge in [-0.25, -0.2) is 0 Å². The van der Waals surface area contributed by atoms with Crippen molar-refractivity contribution in [1.82, 2.24) is 0 Å². The molecule has 4 heteroatoms. The Hall–Kier alpha value is -1.97. The molecule has 0 radical (unpaired) electrons. The van der Waals surface area contributed by atoms with Crippen LogP contribution >= 0.6 is 0 Å². The topological polar surface area (TPSA) is 12.0 Å². The molecule has 0 aromatic heterocycles. The van der Waals surface area contributed by atoms with Gasteiger partial charge in [-0.2, -0.15) is 13.2 Å². The molecule has 0 saturated heterocycles. The molecule has 2 aromatic rings. The molecule has 2 aromatic carbocycles. The summed E-state index contributed by atoms with van der Waals surface area (Å²) in [5, 5.41) is 3.26. The van der Waals surface area contributed by atoms with Gasteiger partial charge in [-0.05, 0) is 35.7 Å². The number of hydrogen-bond acceptors (Lipinski definition) is 1. The van der Waals surface area contributed by atoms with E-state index in [1.165, 1.54) is 17.7 Å². The number of hydrogen-bond donors (Lipinski definition) is 1. The van der Waals surface area contributed by atoms with Gasteiger partial charge in [0, 0.05) is 12.2 Å². The van der Waals surface area contributed by atoms with Crippen LogP contribution in [0.1, 0.15) is 23.6 Å². The lowest BCUT2D eigenvalue weighted by molar-refractivity contribution is -0.137. The van der Waals surface area contributed by atoms with Crippen LogP contribution in [-0.4, -0.2) is 0 Å². The summed E-state index contributed by atoms with van der Waals surface area (Å²) in [4.78, 5) is 0. The second-order valence-corrected chi connectivity index (χ2v) is 4.56. The summed E-state index contributed by atoms with van der Waals surface area (Å²) in [5.41, 5.74) is 2.42. The number of benzene rings is 2. The number of nitrogens with one attached hydrogen (secondary N) is 1. The molecule has 0 aliphatic carbocycles. The summed E-state index contributed by atoms with van der Waals surface area (Å²) in [5.74, 6) is 0. The van der Waals surface area contributed by atoms with Crippen molar-refractivity contribution in [2.24, 2.45) is 0 Å². The van der Waals surface area contributed by atoms with Crippen molar-refractivity contribution >= 4 is 5.69 Å². The number of halogens is 3. The minimum Gasteiger partial charge on any atom is -0.381 e. The molecule has 106 valence electrons. The van der Waals surface area contributed by atoms with E-state index in [-0.39, 0.29) is 0 Å². The molecule has 0 spiro atoms. The highest BCUT2D eigenvalue weighted by Crippen LogP contribution is 2.29. The Bertz CT molecular complexity index is 559. The van der Waals surface area contributed by atoms with E-state index < -0.39 is 11.7 Å². The predicted octanol–water partition coefficient (Wildman–Crippen LogP) is 4.88. The Morgan fingerprint density at radius 2 is 1.60 bits per heavy atom. The first-order valence-corrected chi connectivity index (χ1v) is 6.48. The molecule has 0 fully saturated rings. The van der Waals surface area contributed by atoms with Crippen molar-refractivity contribution in [1.29, 1.82) is 0 Å². The van der Waals surface area contributed by atoms with Gasteiger partial charge in [-0.1, -0.05) is 37.3 Å². The fourth-order valence-corrected chi connectivity index (χ4v) is 2.01. The molecule has 0 amide bonds. The van der Waals surface area contributed by atoms with Crippen molar-refractivity contribution in [3.05, 3.63) is 65.2 Å². The normalized spacial score (nSPS) is 11.4. The quantitative estimate of drug-likeness (QED) is 0.841. The van der Waals surface area contributed by atoms with Gasteiger partial charge in [-0.15, -0.1) is 0 Å². The molecular weight excluding hydrogens is 263 g/mol. The van der Waals surface area contributed by atoms with Crippen LogP contribution in [-0.2, 0) is 19.1 Å². The minimum absolute atomic E-state index is 0.509. The molecule has 2 rings (SSSR count). The molecule has 0 heterocycles. The van der Waals surface area contributed by atoms with Crippen LogP contribution in [0.5, 0.6) is 0 Å². The zero-order valence-corrected chi connectivity index (χ0v) is 11.2. The van der Waals surface area contributed by atoms with Crippen molar-refractivity contribution in [3.8, 4) is 0 Å². The summed E-state index contributed by atoms with van der Waals surface area (Å²) >= 11 is 0. The van der Waals surface area contributed by atoms with Gasteiger partial charge in [-0.3, -0.25) is 0 Å². The average Bonchev–Trinajstić information content (AvgIpc) is 2.45. The van der Waals surface area contributed by atoms with Crippen LogP contribution in [0.3, 0.4) is 0 Å². The Balaban J connectivity index is 2.04. The standard InChI is InChI=1S/C16H16F3N/c1-2-13-5-3-4-6-15(13)20-11-12-7-9-14(10-8-12)16(17,18)19/h3-10,20H,2,11H2,1H3. The molecule has 0 unspecified atom stereocenters. The van der Waals surface area contributed by atoms with Crippen molar-refractivity contribution < 1.29 is 13.2 Å². The minimum atomic E-state index is -4.28. The van der Waals surface area contributed by atoms with Crippen LogP contribution in [0.15, 0.2) is 48.5 Å². The third kappa shape index (κ3) is 3.53. The van der Waals surface area contributed by atoms with E-state index in [1.54, 1.807) is 0 Å². The van der Waals surface area contributed by atoms with E-state index in [2.05, 4.69) is 12.2 Å². The number of para-hydroxylation sites is 1. The number of anilines is 1. The monoisotopic (exact) mass is 279 g/mol. The van der Waals surface area contributed by atoms with E-state index in [0.717, 1.165) is 29.8 Å². The van der Waals surface area contributed by atoms with Gasteiger partial charge < -0.3 is 5.32 Å². The van der Waals surface area contributed by atoms with Crippen molar-refractivity contribution in [2.45, 2.75) is 26.1 Å². The third-order valence-corrected chi connectivity index (χ3v) is 3.16. The third-order valence-electron chi connectivity index (χ3n) is 3.16. The summed E-state index contributed by atoms with van der Waals surface area (Å²) in [6, 6.07) is 13.2. The van der Waals surface area contributed by atoms with E-state index in [4.69, 9.17) is 0 Å². The lowest BCUT2D eigenvalue weighted by Gasteiger charge is -2.12. The molecule has 0 atom stereocenters. The number of alkyl halides is 3. The smallest absolute Gasteiger partial charge is 0.381 e. The Kier molecular flexibility index (Phi) is 4.32. The largest absolute Gasteiger partial charge is 0.416 e. The van der Waals surface area contributed by atoms with Gasteiger partial charge in [0.15, 0.2) is 0 Å². The summed E-state index contributed by atoms with van der Waals surface area (Å²) < 4.78 is 37.4. The van der Waals surface area contributed by atoms with Gasteiger partial charge in [0.05, 0.1) is 5.56 Å². The highest BCUT2D eigenvalue weighted by atomic mass is 19.4. The molecule has 0 bridgehead atoms. The molecular formula is C16H16F3N. The SMILES string of the molecule is CCc1ccccc1NCc1ccc(C(F)(F)F)cc1. The second-order valence-electron chi connectivity index (χ2n) is 4.56. The van der Waals surface area contributed by atoms with Gasteiger partial charge in [0.1, 0.15) is 0 Å². The summed E-state index contributed by atoms with van der Waals surface area (Å²) in [7, 11) is 0. The van der Waals surface area contributed by atoms with E-state index in [9.17, 15) is 13.2 Å². The van der Waals surface area contributed by atoms with E-state index in [0.29, 0.717) is 6.54 Å². The van der Waals surface area contributed by atoms with Crippen molar-refractivity contribution in [3.63, 3.8) is 0 Å². The fraction of sp³-hybridized carbons (Fsp3) is 0.250. The Morgan fingerprint density at radius 3 is 2.20 bits per heavy atom. The zero-order valence-electron chi connectivity index (χ0n) is 11.2. The molecule has 0 saturated carbocycles. The maximum absolute atomic E-state index is 12.5. The summed E-state index contributed by atoms with van der Waals surface area (Å²) in [6.45, 7) is 2.58. The lowest BCUT2D eigenvalue weighted by atomic mass is 10.1. The van der Waals surface area contributed by atoms with E-state index >= 15 is 0 Å². The van der Waals surface area contributed by atoms with Crippen LogP contribution in [0.4, 0.5) is 18.9 Å². The van der Waals surface area contributed by atoms with Crippen LogP contribution in [0.2, 0.25) is 0 Å². The first kappa shape index (κ1) is 14.4. The first-order chi connectivity index (χ1) is 9.50. The average molecular weight is 279 g/mol. The lowest BCUT2D eigenvalue weighted by Crippen LogP contribution is -2.06. The first-order valence-electron chi connectivity index (χ1n) is 6.48. The predicted molar refractivity (Wildman–Crippen MR) is 74.6 cm³/mol. The highest BCUT2D eigenvalue weighted by Gasteiger charge is 2.29. The fourth-order valence-electron chi connectivity index (χ4n) is 2.01. The maximum Gasteiger partial charge on any atom is 0.416 e. The molecule has 1 nitrogen and oxygen atoms in total. The molecule has 0 aliphatic heterocycles. The summed E-state index contributed by atoms with van der Waals surface area (Å²) in [6.07, 6.45) is -3.36. The van der Waals surface area contributed by atoms with Crippen molar-refractivity contribution in [2.75, 3.05) is 5.32 Å². The number of rotatable bonds is 4. The van der Waals surface area contributed by atoms with Gasteiger partial charge in [0.2, 0.25) is 0 Å². The molecule has 1 N–H and O–H groups in total. The second kappa shape index (κ2) is 5.99. The molecule has 20 heavy (non-hydrogen) atoms. The van der Waals surface area contributed by atoms with E-state index in [1.807, 2.05) is 24.3 Å². The Labute approximate surface area is 116 Å². The highest BCUT2D eigenvalue weighted by molar-refractivity contribution is 5.51. The van der Waals surface area contributed by atoms with Gasteiger partial charge in [0.25, 0.3) is 0 Å². The Morgan fingerprint density at radius 1 is 0.950 bits per heavy atom. The van der Waals surface area contributed by atoms with Gasteiger partial charge >= 0.3 is 6.18 Å². The van der Waals surface area contributed by atoms with Crippen LogP contribution < -0.4 is 5.32 Å². The molecule has 0 aliphatic rings. The van der Waals surface area contributed by atoms with Crippen LogP contribution in [0, 0.1) is 0 Å². The van der Waals surface area contributed by atoms with Crippen LogP contribution in [0.25, 0.3) is 0 Å². The maximum atomic E-state index is 12.5. The number of aryl methyl sites for hydroxylation is 1.